The smallest absolute Gasteiger partial charge is 0.295 e. The third-order valence-electron chi connectivity index (χ3n) is 5.32. The zero-order valence-electron chi connectivity index (χ0n) is 14.9. The summed E-state index contributed by atoms with van der Waals surface area (Å²) in [5.41, 5.74) is 2.57. The van der Waals surface area contributed by atoms with Crippen LogP contribution < -0.4 is 0 Å². The molecular formula is C18H15FN8O. The molecule has 0 saturated heterocycles. The van der Waals surface area contributed by atoms with Gasteiger partial charge in [0.1, 0.15) is 11.8 Å². The number of ether oxygens (including phenoxy) is 1. The highest BCUT2D eigenvalue weighted by Gasteiger charge is 2.36. The molecule has 0 N–H and O–H groups in total. The van der Waals surface area contributed by atoms with Crippen LogP contribution in [0.4, 0.5) is 4.39 Å². The fourth-order valence-corrected chi connectivity index (χ4v) is 3.90. The zero-order valence-corrected chi connectivity index (χ0v) is 14.9. The Morgan fingerprint density at radius 1 is 1.14 bits per heavy atom. The van der Waals surface area contributed by atoms with E-state index >= 15 is 0 Å². The number of halogens is 1. The molecule has 9 nitrogen and oxygen atoms in total. The van der Waals surface area contributed by atoms with Gasteiger partial charge in [-0.2, -0.15) is 9.07 Å². The van der Waals surface area contributed by atoms with Gasteiger partial charge in [0.15, 0.2) is 5.65 Å². The molecule has 0 spiro atoms. The molecule has 0 amide bonds. The van der Waals surface area contributed by atoms with Crippen LogP contribution in [0.1, 0.15) is 24.6 Å². The molecule has 1 aliphatic carbocycles. The predicted octanol–water partition coefficient (Wildman–Crippen LogP) is 2.35. The first-order chi connectivity index (χ1) is 13.8. The standard InChI is InChI=1S/C18H15FN8O/c1-28-15(10-6-7-10)13-8-21-24-27(13)18-23-22-16-11-4-2-3-5-12(11)25-14(26(16)18)9-20-17(25)19/h2-5,8-10,15H,6-7H2,1H3. The summed E-state index contributed by atoms with van der Waals surface area (Å²) in [7, 11) is 1.68. The van der Waals surface area contributed by atoms with E-state index in [4.69, 9.17) is 4.74 Å². The van der Waals surface area contributed by atoms with Crippen molar-refractivity contribution < 1.29 is 9.13 Å². The lowest BCUT2D eigenvalue weighted by molar-refractivity contribution is 0.0788. The summed E-state index contributed by atoms with van der Waals surface area (Å²) in [6.07, 6.45) is 4.63. The minimum atomic E-state index is -0.598. The fourth-order valence-electron chi connectivity index (χ4n) is 3.90. The number of benzene rings is 1. The highest BCUT2D eigenvalue weighted by atomic mass is 19.1. The lowest BCUT2D eigenvalue weighted by Gasteiger charge is -2.15. The van der Waals surface area contributed by atoms with Gasteiger partial charge in [0.25, 0.3) is 12.0 Å². The Kier molecular flexibility index (Phi) is 3.10. The van der Waals surface area contributed by atoms with Gasteiger partial charge in [-0.1, -0.05) is 17.3 Å². The number of methoxy groups -OCH3 is 1. The number of aromatic nitrogens is 8. The number of hydrogen-bond acceptors (Lipinski definition) is 6. The van der Waals surface area contributed by atoms with Gasteiger partial charge in [-0.25, -0.2) is 9.38 Å². The summed E-state index contributed by atoms with van der Waals surface area (Å²) in [6.45, 7) is 0. The molecule has 4 heterocycles. The van der Waals surface area contributed by atoms with Gasteiger partial charge in [-0.05, 0) is 30.9 Å². The number of imidazole rings is 1. The van der Waals surface area contributed by atoms with Crippen LogP contribution in [0.15, 0.2) is 36.7 Å². The van der Waals surface area contributed by atoms with E-state index in [1.165, 1.54) is 10.6 Å². The molecule has 4 aromatic heterocycles. The number of para-hydroxylation sites is 1. The maximum atomic E-state index is 14.5. The Balaban J connectivity index is 1.70. The van der Waals surface area contributed by atoms with Crippen LogP contribution in [0.2, 0.25) is 0 Å². The third kappa shape index (κ3) is 2.00. The van der Waals surface area contributed by atoms with Gasteiger partial charge in [-0.3, -0.25) is 4.40 Å². The van der Waals surface area contributed by atoms with Crippen LogP contribution in [0.5, 0.6) is 0 Å². The Morgan fingerprint density at radius 2 is 2.00 bits per heavy atom. The van der Waals surface area contributed by atoms with Gasteiger partial charge < -0.3 is 4.74 Å². The predicted molar refractivity (Wildman–Crippen MR) is 96.6 cm³/mol. The minimum absolute atomic E-state index is 0.125. The molecule has 1 atom stereocenters. The first kappa shape index (κ1) is 15.6. The van der Waals surface area contributed by atoms with Crippen molar-refractivity contribution in [2.24, 2.45) is 5.92 Å². The molecule has 28 heavy (non-hydrogen) atoms. The second kappa shape index (κ2) is 5.55. The highest BCUT2D eigenvalue weighted by molar-refractivity contribution is 5.94. The second-order valence-electron chi connectivity index (χ2n) is 6.96. The molecular weight excluding hydrogens is 363 g/mol. The molecule has 140 valence electrons. The van der Waals surface area contributed by atoms with E-state index in [1.54, 1.807) is 22.4 Å². The number of fused-ring (bicyclic) bond motifs is 6. The van der Waals surface area contributed by atoms with E-state index in [-0.39, 0.29) is 6.10 Å². The number of nitrogens with zero attached hydrogens (tertiary/aromatic N) is 8. The van der Waals surface area contributed by atoms with Crippen LogP contribution >= 0.6 is 0 Å². The van der Waals surface area contributed by atoms with Crippen molar-refractivity contribution in [2.75, 3.05) is 7.11 Å². The second-order valence-corrected chi connectivity index (χ2v) is 6.96. The lowest BCUT2D eigenvalue weighted by Crippen LogP contribution is -2.14. The average molecular weight is 378 g/mol. The maximum Gasteiger partial charge on any atom is 0.295 e. The normalized spacial score (nSPS) is 15.8. The van der Waals surface area contributed by atoms with Crippen molar-refractivity contribution in [1.82, 2.24) is 39.0 Å². The van der Waals surface area contributed by atoms with Crippen molar-refractivity contribution in [2.45, 2.75) is 18.9 Å². The van der Waals surface area contributed by atoms with Gasteiger partial charge >= 0.3 is 0 Å². The van der Waals surface area contributed by atoms with Crippen molar-refractivity contribution in [1.29, 1.82) is 0 Å². The van der Waals surface area contributed by atoms with Crippen LogP contribution in [0.3, 0.4) is 0 Å². The zero-order chi connectivity index (χ0) is 18.8. The topological polar surface area (TPSA) is 87.4 Å². The molecule has 1 aromatic carbocycles. The van der Waals surface area contributed by atoms with Gasteiger partial charge in [0, 0.05) is 12.5 Å². The van der Waals surface area contributed by atoms with E-state index in [2.05, 4.69) is 25.5 Å². The monoisotopic (exact) mass is 378 g/mol. The molecule has 0 bridgehead atoms. The summed E-state index contributed by atoms with van der Waals surface area (Å²) in [4.78, 5) is 3.86. The van der Waals surface area contributed by atoms with Crippen molar-refractivity contribution in [3.05, 3.63) is 48.4 Å². The molecule has 0 aliphatic heterocycles. The Bertz CT molecular complexity index is 1350. The molecule has 1 fully saturated rings. The highest BCUT2D eigenvalue weighted by Crippen LogP contribution is 2.43. The van der Waals surface area contributed by atoms with Crippen molar-refractivity contribution in [3.63, 3.8) is 0 Å². The van der Waals surface area contributed by atoms with Crippen LogP contribution in [0, 0.1) is 12.0 Å². The molecule has 5 aromatic rings. The van der Waals surface area contributed by atoms with Crippen molar-refractivity contribution >= 4 is 22.2 Å². The molecule has 10 heteroatoms. The van der Waals surface area contributed by atoms with Gasteiger partial charge in [-0.15, -0.1) is 15.3 Å². The van der Waals surface area contributed by atoms with Crippen molar-refractivity contribution in [3.8, 4) is 5.95 Å². The van der Waals surface area contributed by atoms with E-state index in [0.29, 0.717) is 28.7 Å². The summed E-state index contributed by atoms with van der Waals surface area (Å²) in [5.74, 6) is 0.857. The molecule has 1 unspecified atom stereocenters. The first-order valence-corrected chi connectivity index (χ1v) is 9.00. The Morgan fingerprint density at radius 3 is 2.82 bits per heavy atom. The van der Waals surface area contributed by atoms with E-state index in [9.17, 15) is 4.39 Å². The summed E-state index contributed by atoms with van der Waals surface area (Å²) >= 11 is 0. The largest absolute Gasteiger partial charge is 0.375 e. The van der Waals surface area contributed by atoms with Gasteiger partial charge in [0.2, 0.25) is 0 Å². The SMILES string of the molecule is COC(c1cnnn1-c1nnc2c3ccccc3n3c(F)ncc3n12)C1CC1. The molecule has 0 radical (unpaired) electrons. The summed E-state index contributed by atoms with van der Waals surface area (Å²) in [5, 5.41) is 17.8. The average Bonchev–Trinajstić information content (AvgIpc) is 3.11. The van der Waals surface area contributed by atoms with E-state index in [0.717, 1.165) is 23.9 Å². The molecule has 1 aliphatic rings. The van der Waals surface area contributed by atoms with Crippen LogP contribution in [0.25, 0.3) is 28.1 Å². The quantitative estimate of drug-likeness (QED) is 0.477. The van der Waals surface area contributed by atoms with Crippen LogP contribution in [-0.2, 0) is 4.74 Å². The van der Waals surface area contributed by atoms with E-state index in [1.807, 2.05) is 24.3 Å². The summed E-state index contributed by atoms with van der Waals surface area (Å²) < 4.78 is 25.0. The van der Waals surface area contributed by atoms with Gasteiger partial charge in [0.05, 0.1) is 23.6 Å². The Hall–Kier alpha value is -3.40. The number of rotatable bonds is 4. The first-order valence-electron chi connectivity index (χ1n) is 9.00. The Labute approximate surface area is 157 Å². The fraction of sp³-hybridized carbons (Fsp3) is 0.278. The molecule has 6 rings (SSSR count). The third-order valence-corrected chi connectivity index (χ3v) is 5.32. The van der Waals surface area contributed by atoms with E-state index < -0.39 is 6.08 Å². The molecule has 1 saturated carbocycles. The van der Waals surface area contributed by atoms with Crippen LogP contribution in [-0.4, -0.2) is 46.1 Å². The number of hydrogen-bond donors (Lipinski definition) is 0. The maximum absolute atomic E-state index is 14.5. The lowest BCUT2D eigenvalue weighted by atomic mass is 10.2. The summed E-state index contributed by atoms with van der Waals surface area (Å²) in [6, 6.07) is 7.44. The minimum Gasteiger partial charge on any atom is -0.375 e.